The number of esters is 1. The molecule has 1 N–H and O–H groups in total. The number of aliphatic hydroxyl groups is 1. The van der Waals surface area contributed by atoms with Crippen molar-refractivity contribution in [3.05, 3.63) is 23.8 Å². The highest BCUT2D eigenvalue weighted by molar-refractivity contribution is 6.02. The van der Waals surface area contributed by atoms with E-state index < -0.39 is 34.8 Å². The Bertz CT molecular complexity index is 899. The van der Waals surface area contributed by atoms with Gasteiger partial charge in [-0.2, -0.15) is 0 Å². The first kappa shape index (κ1) is 21.2. The van der Waals surface area contributed by atoms with Crippen LogP contribution < -0.4 is 0 Å². The molecule has 0 aromatic heterocycles. The summed E-state index contributed by atoms with van der Waals surface area (Å²) in [6, 6.07) is 0. The number of allylic oxidation sites excluding steroid dienone is 4. The van der Waals surface area contributed by atoms with Gasteiger partial charge in [0.1, 0.15) is 11.4 Å². The number of ether oxygens (including phenoxy) is 1. The second-order valence-electron chi connectivity index (χ2n) is 10.2. The van der Waals surface area contributed by atoms with Gasteiger partial charge in [-0.3, -0.25) is 19.2 Å². The molecule has 4 aliphatic carbocycles. The van der Waals surface area contributed by atoms with Gasteiger partial charge in [0.15, 0.2) is 12.4 Å². The zero-order chi connectivity index (χ0) is 22.1. The fourth-order valence-electron chi connectivity index (χ4n) is 7.21. The molecule has 0 amide bonds. The average Bonchev–Trinajstić information content (AvgIpc) is 2.93. The summed E-state index contributed by atoms with van der Waals surface area (Å²) in [6.45, 7) is 6.74. The van der Waals surface area contributed by atoms with Crippen LogP contribution in [0.4, 0.5) is 0 Å². The fourth-order valence-corrected chi connectivity index (χ4v) is 7.21. The van der Waals surface area contributed by atoms with Gasteiger partial charge in [-0.15, -0.1) is 0 Å². The molecule has 0 bridgehead atoms. The number of ketones is 3. The molecular weight excluding hydrogens is 384 g/mol. The molecule has 0 spiro atoms. The van der Waals surface area contributed by atoms with E-state index in [-0.39, 0.29) is 48.1 Å². The van der Waals surface area contributed by atoms with Gasteiger partial charge in [-0.1, -0.05) is 32.4 Å². The Balaban J connectivity index is 1.71. The zero-order valence-electron chi connectivity index (χ0n) is 18.1. The lowest BCUT2D eigenvalue weighted by Crippen LogP contribution is -2.61. The SMILES string of the molecule is CC(=O)OCC(=O)[C@]1(O)CC[C@H]2[C@@H]3C[C@H](C)C4=CC(=O)C=C[C@]4(C)[C@H]3C(=O)C[C@@]21C. The molecule has 162 valence electrons. The summed E-state index contributed by atoms with van der Waals surface area (Å²) in [7, 11) is 0. The summed E-state index contributed by atoms with van der Waals surface area (Å²) in [5.41, 5.74) is -2.04. The van der Waals surface area contributed by atoms with Crippen LogP contribution in [0.1, 0.15) is 53.4 Å². The van der Waals surface area contributed by atoms with Crippen molar-refractivity contribution in [2.75, 3.05) is 6.61 Å². The molecule has 4 rings (SSSR count). The fraction of sp³-hybridized carbons (Fsp3) is 0.667. The van der Waals surface area contributed by atoms with Gasteiger partial charge in [0.05, 0.1) is 0 Å². The van der Waals surface area contributed by atoms with Gasteiger partial charge < -0.3 is 9.84 Å². The molecule has 4 aliphatic rings. The quantitative estimate of drug-likeness (QED) is 0.713. The minimum Gasteiger partial charge on any atom is -0.458 e. The Hall–Kier alpha value is -2.08. The van der Waals surface area contributed by atoms with Crippen LogP contribution in [0.3, 0.4) is 0 Å². The lowest BCUT2D eigenvalue weighted by molar-refractivity contribution is -0.172. The number of hydrogen-bond donors (Lipinski definition) is 1. The van der Waals surface area contributed by atoms with Crippen molar-refractivity contribution in [1.82, 2.24) is 0 Å². The molecular formula is C24H30O6. The lowest BCUT2D eigenvalue weighted by Gasteiger charge is -2.58. The summed E-state index contributed by atoms with van der Waals surface area (Å²) in [4.78, 5) is 49.6. The normalized spacial score (nSPS) is 44.6. The van der Waals surface area contributed by atoms with E-state index in [0.717, 1.165) is 12.0 Å². The molecule has 0 aromatic carbocycles. The van der Waals surface area contributed by atoms with Gasteiger partial charge in [0.2, 0.25) is 5.78 Å². The highest BCUT2D eigenvalue weighted by Gasteiger charge is 2.68. The predicted molar refractivity (Wildman–Crippen MR) is 108 cm³/mol. The highest BCUT2D eigenvalue weighted by Crippen LogP contribution is 2.66. The van der Waals surface area contributed by atoms with Gasteiger partial charge >= 0.3 is 5.97 Å². The van der Waals surface area contributed by atoms with Crippen LogP contribution in [0, 0.1) is 34.5 Å². The van der Waals surface area contributed by atoms with E-state index in [1.54, 1.807) is 12.2 Å². The third-order valence-corrected chi connectivity index (χ3v) is 8.60. The Kier molecular flexibility index (Phi) is 4.73. The molecule has 6 nitrogen and oxygen atoms in total. The Morgan fingerprint density at radius 1 is 1.27 bits per heavy atom. The molecule has 30 heavy (non-hydrogen) atoms. The van der Waals surface area contributed by atoms with Crippen LogP contribution >= 0.6 is 0 Å². The molecule has 0 aromatic rings. The van der Waals surface area contributed by atoms with Crippen LogP contribution in [-0.2, 0) is 23.9 Å². The third kappa shape index (κ3) is 2.72. The van der Waals surface area contributed by atoms with Gasteiger partial charge in [-0.05, 0) is 49.2 Å². The summed E-state index contributed by atoms with van der Waals surface area (Å²) in [5, 5.41) is 11.5. The highest BCUT2D eigenvalue weighted by atomic mass is 16.5. The second-order valence-corrected chi connectivity index (χ2v) is 10.2. The minimum atomic E-state index is -1.67. The molecule has 0 radical (unpaired) electrons. The maximum Gasteiger partial charge on any atom is 0.303 e. The number of hydrogen-bond acceptors (Lipinski definition) is 6. The van der Waals surface area contributed by atoms with Crippen LogP contribution in [0.25, 0.3) is 0 Å². The van der Waals surface area contributed by atoms with Crippen molar-refractivity contribution >= 4 is 23.3 Å². The van der Waals surface area contributed by atoms with Crippen LogP contribution in [0.5, 0.6) is 0 Å². The number of rotatable bonds is 3. The van der Waals surface area contributed by atoms with E-state index in [1.807, 2.05) is 19.9 Å². The molecule has 3 fully saturated rings. The van der Waals surface area contributed by atoms with E-state index in [9.17, 15) is 24.3 Å². The summed E-state index contributed by atoms with van der Waals surface area (Å²) < 4.78 is 4.87. The van der Waals surface area contributed by atoms with Crippen molar-refractivity contribution in [2.24, 2.45) is 34.5 Å². The number of Topliss-reactive ketones (excluding diaryl/α,β-unsaturated/α-hetero) is 2. The first-order valence-corrected chi connectivity index (χ1v) is 10.8. The Morgan fingerprint density at radius 2 is 1.97 bits per heavy atom. The molecule has 3 saturated carbocycles. The molecule has 7 atom stereocenters. The molecule has 0 aliphatic heterocycles. The molecule has 0 heterocycles. The predicted octanol–water partition coefficient (Wildman–Crippen LogP) is 2.58. The number of fused-ring (bicyclic) bond motifs is 5. The Morgan fingerprint density at radius 3 is 2.63 bits per heavy atom. The summed E-state index contributed by atoms with van der Waals surface area (Å²) in [6.07, 6.45) is 6.94. The van der Waals surface area contributed by atoms with Gasteiger partial charge in [0.25, 0.3) is 0 Å². The van der Waals surface area contributed by atoms with E-state index in [2.05, 4.69) is 6.92 Å². The van der Waals surface area contributed by atoms with Crippen LogP contribution in [0.15, 0.2) is 23.8 Å². The van der Waals surface area contributed by atoms with Crippen molar-refractivity contribution in [1.29, 1.82) is 0 Å². The monoisotopic (exact) mass is 414 g/mol. The van der Waals surface area contributed by atoms with Gasteiger partial charge in [-0.25, -0.2) is 0 Å². The average molecular weight is 414 g/mol. The summed E-state index contributed by atoms with van der Waals surface area (Å²) >= 11 is 0. The lowest BCUT2D eigenvalue weighted by atomic mass is 9.45. The van der Waals surface area contributed by atoms with E-state index in [4.69, 9.17) is 4.74 Å². The Labute approximate surface area is 176 Å². The van der Waals surface area contributed by atoms with Crippen molar-refractivity contribution in [3.8, 4) is 0 Å². The van der Waals surface area contributed by atoms with E-state index in [1.165, 1.54) is 6.92 Å². The third-order valence-electron chi connectivity index (χ3n) is 8.60. The topological polar surface area (TPSA) is 97.7 Å². The maximum atomic E-state index is 13.5. The maximum absolute atomic E-state index is 13.5. The van der Waals surface area contributed by atoms with Crippen molar-refractivity contribution in [2.45, 2.75) is 59.0 Å². The standard InChI is InChI=1S/C24H30O6/c1-13-9-16-17-6-8-24(29,20(28)12-30-14(2)25)23(17,4)11-19(27)21(16)22(3)7-5-15(26)10-18(13)22/h5,7,10,13,16-17,21,29H,6,8-9,11-12H2,1-4H3/t13-,16-,17-,21+,22-,23-,24+/m0/s1. The van der Waals surface area contributed by atoms with Crippen molar-refractivity contribution < 1.29 is 29.0 Å². The largest absolute Gasteiger partial charge is 0.458 e. The zero-order valence-corrected chi connectivity index (χ0v) is 18.1. The first-order chi connectivity index (χ1) is 13.9. The smallest absolute Gasteiger partial charge is 0.303 e. The van der Waals surface area contributed by atoms with E-state index >= 15 is 0 Å². The molecule has 0 saturated heterocycles. The van der Waals surface area contributed by atoms with Crippen molar-refractivity contribution in [3.63, 3.8) is 0 Å². The summed E-state index contributed by atoms with van der Waals surface area (Å²) in [5.74, 6) is -1.16. The minimum absolute atomic E-state index is 0.0123. The number of carbonyl (C=O) groups excluding carboxylic acids is 4. The number of carbonyl (C=O) groups is 4. The van der Waals surface area contributed by atoms with Crippen LogP contribution in [0.2, 0.25) is 0 Å². The second kappa shape index (κ2) is 6.71. The molecule has 6 heteroatoms. The van der Waals surface area contributed by atoms with Crippen LogP contribution in [-0.4, -0.2) is 40.6 Å². The van der Waals surface area contributed by atoms with Gasteiger partial charge in [0, 0.05) is 30.1 Å². The first-order valence-electron chi connectivity index (χ1n) is 10.8. The van der Waals surface area contributed by atoms with E-state index in [0.29, 0.717) is 6.42 Å². The molecule has 0 unspecified atom stereocenters.